The van der Waals surface area contributed by atoms with E-state index in [-0.39, 0.29) is 12.2 Å². The summed E-state index contributed by atoms with van der Waals surface area (Å²) in [7, 11) is 0. The summed E-state index contributed by atoms with van der Waals surface area (Å²) >= 11 is 0. The summed E-state index contributed by atoms with van der Waals surface area (Å²) in [6, 6.07) is 0. The fourth-order valence-electron chi connectivity index (χ4n) is 1.29. The third kappa shape index (κ3) is 3.52. The highest BCUT2D eigenvalue weighted by Gasteiger charge is 2.19. The molecule has 0 atom stereocenters. The van der Waals surface area contributed by atoms with Crippen molar-refractivity contribution < 1.29 is 14.7 Å². The zero-order chi connectivity index (χ0) is 12.8. The molecule has 0 aliphatic carbocycles. The van der Waals surface area contributed by atoms with Crippen LogP contribution in [-0.2, 0) is 11.3 Å². The molecule has 0 saturated heterocycles. The molecule has 0 aliphatic rings. The maximum Gasteiger partial charge on any atom is 0.323 e. The number of hydrogen-bond acceptors (Lipinski definition) is 5. The topological polar surface area (TPSA) is 114 Å². The summed E-state index contributed by atoms with van der Waals surface area (Å²) in [4.78, 5) is 23.6. The first kappa shape index (κ1) is 13.1. The van der Waals surface area contributed by atoms with Crippen LogP contribution in [0.3, 0.4) is 0 Å². The quantitative estimate of drug-likeness (QED) is 0.645. The van der Waals surface area contributed by atoms with Crippen LogP contribution >= 0.6 is 0 Å². The Kier molecular flexibility index (Phi) is 4.58. The lowest BCUT2D eigenvalue weighted by molar-refractivity contribution is -0.137. The van der Waals surface area contributed by atoms with Crippen LogP contribution in [-0.4, -0.2) is 56.5 Å². The van der Waals surface area contributed by atoms with Crippen LogP contribution in [0.5, 0.6) is 0 Å². The monoisotopic (exact) mass is 241 g/mol. The van der Waals surface area contributed by atoms with Crippen molar-refractivity contribution in [3.05, 3.63) is 11.9 Å². The van der Waals surface area contributed by atoms with Gasteiger partial charge < -0.3 is 15.7 Å². The molecule has 1 rings (SSSR count). The lowest BCUT2D eigenvalue weighted by atomic mass is 10.3. The van der Waals surface area contributed by atoms with Gasteiger partial charge in [-0.05, 0) is 6.92 Å². The van der Waals surface area contributed by atoms with Crippen LogP contribution in [0.15, 0.2) is 6.20 Å². The van der Waals surface area contributed by atoms with Crippen molar-refractivity contribution in [1.82, 2.24) is 19.9 Å². The molecule has 1 aromatic heterocycles. The van der Waals surface area contributed by atoms with Gasteiger partial charge in [0.2, 0.25) is 0 Å². The fourth-order valence-corrected chi connectivity index (χ4v) is 1.29. The Morgan fingerprint density at radius 1 is 1.59 bits per heavy atom. The molecule has 0 fully saturated rings. The molecular weight excluding hydrogens is 226 g/mol. The minimum Gasteiger partial charge on any atom is -0.480 e. The van der Waals surface area contributed by atoms with Crippen molar-refractivity contribution in [2.24, 2.45) is 5.73 Å². The number of aliphatic carboxylic acids is 1. The number of carbonyl (C=O) groups excluding carboxylic acids is 1. The summed E-state index contributed by atoms with van der Waals surface area (Å²) in [6.45, 7) is 2.51. The van der Waals surface area contributed by atoms with Gasteiger partial charge in [0.05, 0.1) is 12.7 Å². The smallest absolute Gasteiger partial charge is 0.323 e. The first-order valence-corrected chi connectivity index (χ1v) is 5.19. The molecule has 0 radical (unpaired) electrons. The normalized spacial score (nSPS) is 10.2. The lowest BCUT2D eigenvalue weighted by Crippen LogP contribution is -2.35. The minimum atomic E-state index is -1.06. The third-order valence-corrected chi connectivity index (χ3v) is 2.11. The van der Waals surface area contributed by atoms with Crippen molar-refractivity contribution in [1.29, 1.82) is 0 Å². The molecule has 0 saturated carbocycles. The number of hydrogen-bond donors (Lipinski definition) is 2. The van der Waals surface area contributed by atoms with E-state index in [2.05, 4.69) is 10.3 Å². The predicted octanol–water partition coefficient (Wildman–Crippen LogP) is -1.22. The highest BCUT2D eigenvalue weighted by Crippen LogP contribution is 2.00. The molecule has 0 aromatic carbocycles. The van der Waals surface area contributed by atoms with E-state index in [1.807, 2.05) is 0 Å². The molecule has 3 N–H and O–H groups in total. The van der Waals surface area contributed by atoms with Crippen LogP contribution in [0.4, 0.5) is 0 Å². The van der Waals surface area contributed by atoms with Gasteiger partial charge >= 0.3 is 5.97 Å². The number of nitrogens with two attached hydrogens (primary N) is 1. The molecule has 94 valence electrons. The highest BCUT2D eigenvalue weighted by atomic mass is 16.4. The second-order valence-electron chi connectivity index (χ2n) is 3.37. The Morgan fingerprint density at radius 2 is 2.29 bits per heavy atom. The summed E-state index contributed by atoms with van der Waals surface area (Å²) in [5, 5.41) is 16.0. The first-order chi connectivity index (χ1) is 8.08. The minimum absolute atomic E-state index is 0.126. The molecule has 17 heavy (non-hydrogen) atoms. The van der Waals surface area contributed by atoms with Gasteiger partial charge in [-0.15, -0.1) is 5.10 Å². The Labute approximate surface area is 98.0 Å². The van der Waals surface area contributed by atoms with Crippen molar-refractivity contribution in [2.45, 2.75) is 13.5 Å². The van der Waals surface area contributed by atoms with E-state index in [4.69, 9.17) is 10.8 Å². The molecular formula is C9H15N5O3. The number of nitrogens with zero attached hydrogens (tertiary/aromatic N) is 4. The van der Waals surface area contributed by atoms with Crippen molar-refractivity contribution in [3.63, 3.8) is 0 Å². The van der Waals surface area contributed by atoms with E-state index < -0.39 is 11.9 Å². The van der Waals surface area contributed by atoms with Gasteiger partial charge in [-0.1, -0.05) is 5.21 Å². The molecule has 8 heteroatoms. The van der Waals surface area contributed by atoms with Crippen molar-refractivity contribution in [2.75, 3.05) is 19.6 Å². The van der Waals surface area contributed by atoms with Gasteiger partial charge in [0.25, 0.3) is 5.91 Å². The van der Waals surface area contributed by atoms with Gasteiger partial charge in [-0.2, -0.15) is 0 Å². The van der Waals surface area contributed by atoms with E-state index in [1.165, 1.54) is 15.8 Å². The molecule has 1 amide bonds. The van der Waals surface area contributed by atoms with Crippen molar-refractivity contribution >= 4 is 11.9 Å². The third-order valence-electron chi connectivity index (χ3n) is 2.11. The van der Waals surface area contributed by atoms with E-state index in [0.717, 1.165) is 0 Å². The number of rotatable bonds is 6. The van der Waals surface area contributed by atoms with Gasteiger partial charge in [0.15, 0.2) is 5.69 Å². The summed E-state index contributed by atoms with van der Waals surface area (Å²) < 4.78 is 1.45. The number of likely N-dealkylation sites (N-methyl/N-ethyl adjacent to an activating group) is 1. The Bertz CT molecular complexity index is 403. The molecule has 8 nitrogen and oxygen atoms in total. The lowest BCUT2D eigenvalue weighted by Gasteiger charge is -2.16. The van der Waals surface area contributed by atoms with E-state index >= 15 is 0 Å². The maximum absolute atomic E-state index is 11.8. The van der Waals surface area contributed by atoms with Crippen LogP contribution < -0.4 is 5.73 Å². The van der Waals surface area contributed by atoms with Crippen LogP contribution in [0.25, 0.3) is 0 Å². The Balaban J connectivity index is 2.75. The number of aromatic nitrogens is 3. The molecule has 1 aromatic rings. The molecule has 0 bridgehead atoms. The Hall–Kier alpha value is -1.96. The molecule has 0 spiro atoms. The zero-order valence-electron chi connectivity index (χ0n) is 9.54. The second-order valence-corrected chi connectivity index (χ2v) is 3.37. The van der Waals surface area contributed by atoms with Gasteiger partial charge in [-0.3, -0.25) is 14.3 Å². The van der Waals surface area contributed by atoms with Crippen molar-refractivity contribution in [3.8, 4) is 0 Å². The van der Waals surface area contributed by atoms with E-state index in [0.29, 0.717) is 19.6 Å². The summed E-state index contributed by atoms with van der Waals surface area (Å²) in [5.41, 5.74) is 5.46. The number of amides is 1. The average molecular weight is 241 g/mol. The fraction of sp³-hybridized carbons (Fsp3) is 0.556. The molecule has 0 aliphatic heterocycles. The largest absolute Gasteiger partial charge is 0.480 e. The van der Waals surface area contributed by atoms with E-state index in [1.54, 1.807) is 6.92 Å². The molecule has 1 heterocycles. The average Bonchev–Trinajstić information content (AvgIpc) is 2.74. The highest BCUT2D eigenvalue weighted by molar-refractivity contribution is 5.93. The summed E-state index contributed by atoms with van der Waals surface area (Å²) in [5.74, 6) is -1.51. The molecule has 0 unspecified atom stereocenters. The number of carboxylic acids is 1. The number of carboxylic acid groups (broad SMARTS) is 1. The van der Waals surface area contributed by atoms with Crippen LogP contribution in [0.2, 0.25) is 0 Å². The SMILES string of the molecule is CCN(CC(=O)O)C(=O)c1cn(CCN)nn1. The number of carbonyl (C=O) groups is 2. The predicted molar refractivity (Wildman–Crippen MR) is 58.3 cm³/mol. The van der Waals surface area contributed by atoms with Gasteiger partial charge in [0.1, 0.15) is 6.54 Å². The first-order valence-electron chi connectivity index (χ1n) is 5.19. The van der Waals surface area contributed by atoms with Gasteiger partial charge in [0, 0.05) is 13.1 Å². The maximum atomic E-state index is 11.8. The van der Waals surface area contributed by atoms with Crippen LogP contribution in [0, 0.1) is 0 Å². The second kappa shape index (κ2) is 5.94. The van der Waals surface area contributed by atoms with Gasteiger partial charge in [-0.25, -0.2) is 0 Å². The zero-order valence-corrected chi connectivity index (χ0v) is 9.54. The summed E-state index contributed by atoms with van der Waals surface area (Å²) in [6.07, 6.45) is 1.46. The Morgan fingerprint density at radius 3 is 2.82 bits per heavy atom. The van der Waals surface area contributed by atoms with E-state index in [9.17, 15) is 9.59 Å². The standard InChI is InChI=1S/C9H15N5O3/c1-2-13(6-8(15)16)9(17)7-5-14(4-3-10)12-11-7/h5H,2-4,6,10H2,1H3,(H,15,16). The van der Waals surface area contributed by atoms with Crippen LogP contribution in [0.1, 0.15) is 17.4 Å².